The second-order valence-corrected chi connectivity index (χ2v) is 10.8. The predicted octanol–water partition coefficient (Wildman–Crippen LogP) is 7.92. The zero-order chi connectivity index (χ0) is 24.2. The molecule has 0 saturated heterocycles. The molecule has 0 heterocycles. The third-order valence-corrected chi connectivity index (χ3v) is 5.55. The molecule has 14 heteroatoms. The number of anilines is 2. The van der Waals surface area contributed by atoms with Crippen LogP contribution in [-0.2, 0) is 13.0 Å². The Labute approximate surface area is 202 Å². The van der Waals surface area contributed by atoms with Crippen molar-refractivity contribution in [3.05, 3.63) is 58.7 Å². The van der Waals surface area contributed by atoms with Gasteiger partial charge in [0.1, 0.15) is 0 Å². The Morgan fingerprint density at radius 3 is 1.06 bits per heavy atom. The molecule has 0 spiro atoms. The van der Waals surface area contributed by atoms with Crippen LogP contribution in [0.3, 0.4) is 0 Å². The lowest BCUT2D eigenvalue weighted by atomic mass is 9.69. The zero-order valence-electron chi connectivity index (χ0n) is 14.7. The minimum atomic E-state index is -6.08. The summed E-state index contributed by atoms with van der Waals surface area (Å²) in [5.41, 5.74) is 0.0919. The Kier molecular flexibility index (Phi) is 7.12. The summed E-state index contributed by atoms with van der Waals surface area (Å²) in [4.78, 5) is 0. The standard InChI is InChI=1S/C17H10Cl6F6N2/c18-14(19,20)11-7(3-1-5-9(11)30)13(16(24,25)26,17(27,28)29)8-4-2-6-10(31)12(8)15(21,22)23/h1-6H,30-31H2. The largest absolute Gasteiger partial charge is 0.411 e. The van der Waals surface area contributed by atoms with Gasteiger partial charge in [-0.2, -0.15) is 26.3 Å². The van der Waals surface area contributed by atoms with Gasteiger partial charge >= 0.3 is 12.4 Å². The molecule has 0 aromatic heterocycles. The monoisotopic (exact) mass is 566 g/mol. The molecule has 0 amide bonds. The summed E-state index contributed by atoms with van der Waals surface area (Å²) in [5, 5.41) is 0. The van der Waals surface area contributed by atoms with Crippen molar-refractivity contribution in [1.29, 1.82) is 0 Å². The first-order chi connectivity index (χ1) is 13.8. The number of halogens is 12. The average molecular weight is 569 g/mol. The Balaban J connectivity index is 3.29. The first-order valence-corrected chi connectivity index (χ1v) is 10.1. The van der Waals surface area contributed by atoms with E-state index in [1.807, 2.05) is 0 Å². The lowest BCUT2D eigenvalue weighted by molar-refractivity contribution is -0.289. The Morgan fingerprint density at radius 2 is 0.839 bits per heavy atom. The molecule has 0 unspecified atom stereocenters. The minimum absolute atomic E-state index is 0.486. The van der Waals surface area contributed by atoms with E-state index in [-0.39, 0.29) is 0 Å². The highest BCUT2D eigenvalue weighted by molar-refractivity contribution is 6.67. The quantitative estimate of drug-likeness (QED) is 0.220. The molecule has 0 fully saturated rings. The molecule has 2 aromatic rings. The van der Waals surface area contributed by atoms with Crippen molar-refractivity contribution in [3.63, 3.8) is 0 Å². The van der Waals surface area contributed by atoms with Crippen molar-refractivity contribution in [2.24, 2.45) is 0 Å². The fourth-order valence-electron chi connectivity index (χ4n) is 3.31. The van der Waals surface area contributed by atoms with Crippen molar-refractivity contribution < 1.29 is 26.3 Å². The Hall–Kier alpha value is -0.640. The maximum atomic E-state index is 14.6. The zero-order valence-corrected chi connectivity index (χ0v) is 19.2. The number of hydrogen-bond donors (Lipinski definition) is 2. The van der Waals surface area contributed by atoms with E-state index >= 15 is 0 Å². The molecule has 0 radical (unpaired) electrons. The summed E-state index contributed by atoms with van der Waals surface area (Å²) in [6.07, 6.45) is -12.2. The topological polar surface area (TPSA) is 52.0 Å². The van der Waals surface area contributed by atoms with E-state index in [2.05, 4.69) is 0 Å². The molecule has 0 atom stereocenters. The molecule has 0 bridgehead atoms. The first kappa shape index (κ1) is 26.6. The normalized spacial score (nSPS) is 14.1. The van der Waals surface area contributed by atoms with Crippen LogP contribution in [0.15, 0.2) is 36.4 Å². The van der Waals surface area contributed by atoms with Gasteiger partial charge in [0.15, 0.2) is 0 Å². The van der Waals surface area contributed by atoms with Gasteiger partial charge in [-0.25, -0.2) is 0 Å². The van der Waals surface area contributed by atoms with Crippen molar-refractivity contribution in [3.8, 4) is 0 Å². The molecule has 0 aliphatic rings. The van der Waals surface area contributed by atoms with Gasteiger partial charge in [0.25, 0.3) is 0 Å². The molecule has 4 N–H and O–H groups in total. The summed E-state index contributed by atoms with van der Waals surface area (Å²) < 4.78 is 81.9. The van der Waals surface area contributed by atoms with E-state index in [0.717, 1.165) is 24.3 Å². The first-order valence-electron chi connectivity index (χ1n) is 7.83. The number of rotatable bonds is 2. The highest BCUT2D eigenvalue weighted by Crippen LogP contribution is 2.62. The molecular formula is C17H10Cl6F6N2. The van der Waals surface area contributed by atoms with Gasteiger partial charge in [0.05, 0.1) is 0 Å². The van der Waals surface area contributed by atoms with Crippen LogP contribution < -0.4 is 11.5 Å². The summed E-state index contributed by atoms with van der Waals surface area (Å²) >= 11 is 34.4. The van der Waals surface area contributed by atoms with Crippen LogP contribution in [0.2, 0.25) is 0 Å². The van der Waals surface area contributed by atoms with Crippen LogP contribution in [0, 0.1) is 0 Å². The highest BCUT2D eigenvalue weighted by atomic mass is 35.6. The number of alkyl halides is 12. The van der Waals surface area contributed by atoms with E-state index in [0.29, 0.717) is 12.1 Å². The van der Waals surface area contributed by atoms with Gasteiger partial charge in [-0.3, -0.25) is 0 Å². The van der Waals surface area contributed by atoms with Crippen molar-refractivity contribution in [2.45, 2.75) is 25.4 Å². The van der Waals surface area contributed by atoms with E-state index in [1.54, 1.807) is 0 Å². The second-order valence-electron chi connectivity index (χ2n) is 6.28. The van der Waals surface area contributed by atoms with Crippen molar-refractivity contribution in [1.82, 2.24) is 0 Å². The summed E-state index contributed by atoms with van der Waals surface area (Å²) in [6.45, 7) is 0. The molecule has 2 aromatic carbocycles. The van der Waals surface area contributed by atoms with Crippen LogP contribution in [-0.4, -0.2) is 12.4 Å². The SMILES string of the molecule is Nc1cccc(C(c2cccc(N)c2C(Cl)(Cl)Cl)(C(F)(F)F)C(F)(F)F)c1C(Cl)(Cl)Cl. The number of benzene rings is 2. The van der Waals surface area contributed by atoms with E-state index in [1.165, 1.54) is 0 Å². The van der Waals surface area contributed by atoms with E-state index in [9.17, 15) is 26.3 Å². The Bertz CT molecular complexity index is 900. The molecule has 2 nitrogen and oxygen atoms in total. The van der Waals surface area contributed by atoms with Crippen molar-refractivity contribution >= 4 is 81.0 Å². The van der Waals surface area contributed by atoms with Crippen LogP contribution in [0.25, 0.3) is 0 Å². The second kappa shape index (κ2) is 8.29. The maximum Gasteiger partial charge on any atom is 0.411 e. The molecule has 0 saturated carbocycles. The fourth-order valence-corrected chi connectivity index (χ4v) is 4.58. The summed E-state index contributed by atoms with van der Waals surface area (Å²) in [5.74, 6) is 0. The van der Waals surface area contributed by atoms with Crippen molar-refractivity contribution in [2.75, 3.05) is 11.5 Å². The highest BCUT2D eigenvalue weighted by Gasteiger charge is 2.74. The van der Waals surface area contributed by atoms with Gasteiger partial charge in [-0.1, -0.05) is 93.9 Å². The van der Waals surface area contributed by atoms with Gasteiger partial charge in [0.2, 0.25) is 13.0 Å². The maximum absolute atomic E-state index is 14.6. The van der Waals surface area contributed by atoms with Crippen LogP contribution in [0.1, 0.15) is 22.3 Å². The molecule has 0 aliphatic heterocycles. The van der Waals surface area contributed by atoms with Gasteiger partial charge in [0, 0.05) is 22.5 Å². The molecule has 2 rings (SSSR count). The number of nitrogens with two attached hydrogens (primary N) is 2. The summed E-state index contributed by atoms with van der Waals surface area (Å²) in [7, 11) is 0. The van der Waals surface area contributed by atoms with Crippen LogP contribution >= 0.6 is 69.6 Å². The smallest absolute Gasteiger partial charge is 0.398 e. The van der Waals surface area contributed by atoms with Crippen LogP contribution in [0.5, 0.6) is 0 Å². The average Bonchev–Trinajstić information content (AvgIpc) is 2.50. The van der Waals surface area contributed by atoms with Gasteiger partial charge in [-0.05, 0) is 23.3 Å². The van der Waals surface area contributed by atoms with Crippen LogP contribution in [0.4, 0.5) is 37.7 Å². The van der Waals surface area contributed by atoms with E-state index < -0.39 is 59.0 Å². The third kappa shape index (κ3) is 4.57. The summed E-state index contributed by atoms with van der Waals surface area (Å²) in [6, 6.07) is 4.62. The number of hydrogen-bond acceptors (Lipinski definition) is 2. The lowest BCUT2D eigenvalue weighted by Crippen LogP contribution is -2.56. The molecular weight excluding hydrogens is 559 g/mol. The third-order valence-electron chi connectivity index (χ3n) is 4.42. The fraction of sp³-hybridized carbons (Fsp3) is 0.294. The minimum Gasteiger partial charge on any atom is -0.398 e. The predicted molar refractivity (Wildman–Crippen MR) is 113 cm³/mol. The van der Waals surface area contributed by atoms with Gasteiger partial charge < -0.3 is 11.5 Å². The Morgan fingerprint density at radius 1 is 0.548 bits per heavy atom. The molecule has 31 heavy (non-hydrogen) atoms. The van der Waals surface area contributed by atoms with Gasteiger partial charge in [-0.15, -0.1) is 0 Å². The molecule has 0 aliphatic carbocycles. The van der Waals surface area contributed by atoms with E-state index in [4.69, 9.17) is 81.1 Å². The lowest BCUT2D eigenvalue weighted by Gasteiger charge is -2.42. The number of nitrogen functional groups attached to an aromatic ring is 2. The molecule has 172 valence electrons.